The maximum atomic E-state index is 4.96. The van der Waals surface area contributed by atoms with Gasteiger partial charge in [0.2, 0.25) is 0 Å². The predicted molar refractivity (Wildman–Crippen MR) is 195 cm³/mol. The van der Waals surface area contributed by atoms with Crippen molar-refractivity contribution in [2.75, 3.05) is 0 Å². The number of benzene rings is 6. The van der Waals surface area contributed by atoms with E-state index < -0.39 is 0 Å². The summed E-state index contributed by atoms with van der Waals surface area (Å²) < 4.78 is 2.53. The first-order chi connectivity index (χ1) is 23.3. The van der Waals surface area contributed by atoms with Gasteiger partial charge < -0.3 is 0 Å². The molecular formula is C42H26N4S. The highest BCUT2D eigenvalue weighted by Crippen LogP contribution is 2.39. The number of pyridine rings is 1. The van der Waals surface area contributed by atoms with E-state index in [0.29, 0.717) is 17.5 Å². The minimum atomic E-state index is 0.640. The van der Waals surface area contributed by atoms with Gasteiger partial charge in [0, 0.05) is 48.6 Å². The maximum Gasteiger partial charge on any atom is 0.164 e. The second-order valence-corrected chi connectivity index (χ2v) is 12.6. The van der Waals surface area contributed by atoms with Crippen molar-refractivity contribution in [1.82, 2.24) is 19.9 Å². The smallest absolute Gasteiger partial charge is 0.164 e. The molecule has 3 heterocycles. The van der Waals surface area contributed by atoms with Crippen LogP contribution in [-0.2, 0) is 0 Å². The summed E-state index contributed by atoms with van der Waals surface area (Å²) in [4.78, 5) is 19.7. The first-order valence-electron chi connectivity index (χ1n) is 15.6. The molecule has 6 aromatic carbocycles. The minimum absolute atomic E-state index is 0.640. The van der Waals surface area contributed by atoms with Gasteiger partial charge in [0.15, 0.2) is 17.5 Å². The molecule has 0 aliphatic heterocycles. The molecule has 4 nitrogen and oxygen atoms in total. The van der Waals surface area contributed by atoms with Crippen LogP contribution in [0.3, 0.4) is 0 Å². The molecule has 47 heavy (non-hydrogen) atoms. The zero-order valence-corrected chi connectivity index (χ0v) is 26.0. The average molecular weight is 619 g/mol. The highest BCUT2D eigenvalue weighted by molar-refractivity contribution is 7.25. The Morgan fingerprint density at radius 2 is 0.894 bits per heavy atom. The zero-order valence-electron chi connectivity index (χ0n) is 25.2. The third-order valence-corrected chi connectivity index (χ3v) is 9.73. The summed E-state index contributed by atoms with van der Waals surface area (Å²) in [5, 5.41) is 4.81. The molecule has 9 aromatic rings. The van der Waals surface area contributed by atoms with Crippen LogP contribution in [0.4, 0.5) is 0 Å². The van der Waals surface area contributed by atoms with E-state index in [0.717, 1.165) is 39.1 Å². The van der Waals surface area contributed by atoms with E-state index in [2.05, 4.69) is 91.0 Å². The summed E-state index contributed by atoms with van der Waals surface area (Å²) in [5.74, 6) is 1.94. The van der Waals surface area contributed by atoms with Gasteiger partial charge in [-0.15, -0.1) is 11.3 Å². The Kier molecular flexibility index (Phi) is 6.61. The largest absolute Gasteiger partial charge is 0.255 e. The van der Waals surface area contributed by atoms with Crippen LogP contribution in [0.5, 0.6) is 0 Å². The van der Waals surface area contributed by atoms with Crippen LogP contribution >= 0.6 is 11.3 Å². The molecular weight excluding hydrogens is 593 g/mol. The van der Waals surface area contributed by atoms with Gasteiger partial charge in [-0.1, -0.05) is 133 Å². The predicted octanol–water partition coefficient (Wildman–Crippen LogP) is 11.1. The van der Waals surface area contributed by atoms with Gasteiger partial charge in [-0.25, -0.2) is 15.0 Å². The fourth-order valence-electron chi connectivity index (χ4n) is 6.31. The topological polar surface area (TPSA) is 51.6 Å². The number of fused-ring (bicyclic) bond motifs is 4. The molecule has 0 saturated carbocycles. The van der Waals surface area contributed by atoms with Crippen molar-refractivity contribution in [2.24, 2.45) is 0 Å². The molecule has 0 radical (unpaired) electrons. The monoisotopic (exact) mass is 618 g/mol. The Bertz CT molecular complexity index is 2520. The lowest BCUT2D eigenvalue weighted by Crippen LogP contribution is -2.00. The Balaban J connectivity index is 1.16. The first kappa shape index (κ1) is 27.3. The normalized spacial score (nSPS) is 11.4. The first-order valence-corrected chi connectivity index (χ1v) is 16.4. The number of aromatic nitrogens is 4. The second-order valence-electron chi connectivity index (χ2n) is 11.5. The fraction of sp³-hybridized carbons (Fsp3) is 0. The van der Waals surface area contributed by atoms with Gasteiger partial charge in [-0.2, -0.15) is 0 Å². The van der Waals surface area contributed by atoms with Crippen molar-refractivity contribution < 1.29 is 0 Å². The molecule has 0 aliphatic rings. The maximum absolute atomic E-state index is 4.96. The van der Waals surface area contributed by atoms with E-state index in [1.165, 1.54) is 30.9 Å². The molecule has 0 aliphatic carbocycles. The van der Waals surface area contributed by atoms with Crippen LogP contribution in [0.15, 0.2) is 158 Å². The molecule has 220 valence electrons. The summed E-state index contributed by atoms with van der Waals surface area (Å²) in [5.41, 5.74) is 7.19. The van der Waals surface area contributed by atoms with Crippen molar-refractivity contribution >= 4 is 42.3 Å². The second kappa shape index (κ2) is 11.4. The van der Waals surface area contributed by atoms with E-state index in [4.69, 9.17) is 19.9 Å². The molecule has 5 heteroatoms. The molecule has 9 rings (SSSR count). The van der Waals surface area contributed by atoms with E-state index in [1.807, 2.05) is 78.2 Å². The van der Waals surface area contributed by atoms with Crippen LogP contribution in [0.1, 0.15) is 0 Å². The lowest BCUT2D eigenvalue weighted by Gasteiger charge is -2.13. The highest BCUT2D eigenvalue weighted by Gasteiger charge is 2.15. The molecule has 0 unspecified atom stereocenters. The third kappa shape index (κ3) is 4.94. The van der Waals surface area contributed by atoms with Gasteiger partial charge >= 0.3 is 0 Å². The summed E-state index contributed by atoms with van der Waals surface area (Å²) >= 11 is 1.82. The summed E-state index contributed by atoms with van der Waals surface area (Å²) in [6.45, 7) is 0. The zero-order chi connectivity index (χ0) is 31.2. The fourth-order valence-corrected chi connectivity index (χ4v) is 7.42. The van der Waals surface area contributed by atoms with E-state index in [1.54, 1.807) is 0 Å². The number of rotatable bonds is 5. The van der Waals surface area contributed by atoms with Crippen LogP contribution in [-0.4, -0.2) is 19.9 Å². The van der Waals surface area contributed by atoms with Gasteiger partial charge in [-0.3, -0.25) is 4.98 Å². The van der Waals surface area contributed by atoms with E-state index >= 15 is 0 Å². The van der Waals surface area contributed by atoms with E-state index in [-0.39, 0.29) is 0 Å². The van der Waals surface area contributed by atoms with Crippen LogP contribution < -0.4 is 0 Å². The molecule has 0 saturated heterocycles. The number of hydrogen-bond acceptors (Lipinski definition) is 5. The summed E-state index contributed by atoms with van der Waals surface area (Å²) in [7, 11) is 0. The molecule has 0 amide bonds. The lowest BCUT2D eigenvalue weighted by atomic mass is 9.93. The SMILES string of the molecule is c1ccc(-c2nc(-c3ccccc3)nc(-c3cccc(-c4ccc(-c5cc6sc7ccccc7c6cn5)c5ccccc45)c3)n2)cc1. The molecule has 0 N–H and O–H groups in total. The van der Waals surface area contributed by atoms with Crippen molar-refractivity contribution in [2.45, 2.75) is 0 Å². The van der Waals surface area contributed by atoms with Crippen LogP contribution in [0.25, 0.3) is 87.5 Å². The van der Waals surface area contributed by atoms with Crippen LogP contribution in [0.2, 0.25) is 0 Å². The number of thiophene rings is 1. The van der Waals surface area contributed by atoms with Gasteiger partial charge in [0.05, 0.1) is 5.69 Å². The van der Waals surface area contributed by atoms with E-state index in [9.17, 15) is 0 Å². The molecule has 0 spiro atoms. The summed E-state index contributed by atoms with van der Waals surface area (Å²) in [6, 6.07) is 52.4. The van der Waals surface area contributed by atoms with Crippen molar-refractivity contribution in [1.29, 1.82) is 0 Å². The standard InChI is InChI=1S/C42H26N4S/c1-3-12-27(13-4-1)40-44-41(28-14-5-2-6-15-28)46-42(45-40)30-17-11-16-29(24-30)31-22-23-34(33-19-8-7-18-32(31)33)37-25-39-36(26-43-37)35-20-9-10-21-38(35)47-39/h1-26H. The Morgan fingerprint density at radius 3 is 1.60 bits per heavy atom. The molecule has 0 fully saturated rings. The van der Waals surface area contributed by atoms with Gasteiger partial charge in [0.25, 0.3) is 0 Å². The third-order valence-electron chi connectivity index (χ3n) is 8.59. The average Bonchev–Trinajstić information content (AvgIpc) is 3.53. The summed E-state index contributed by atoms with van der Waals surface area (Å²) in [6.07, 6.45) is 2.03. The van der Waals surface area contributed by atoms with Gasteiger partial charge in [0.1, 0.15) is 0 Å². The molecule has 3 aromatic heterocycles. The highest BCUT2D eigenvalue weighted by atomic mass is 32.1. The van der Waals surface area contributed by atoms with Crippen molar-refractivity contribution in [3.8, 4) is 56.5 Å². The van der Waals surface area contributed by atoms with Crippen LogP contribution in [0, 0.1) is 0 Å². The molecule has 0 bridgehead atoms. The van der Waals surface area contributed by atoms with Gasteiger partial charge in [-0.05, 0) is 40.1 Å². The Labute approximate surface area is 275 Å². The minimum Gasteiger partial charge on any atom is -0.255 e. The quantitative estimate of drug-likeness (QED) is 0.193. The lowest BCUT2D eigenvalue weighted by molar-refractivity contribution is 1.07. The Morgan fingerprint density at radius 1 is 0.362 bits per heavy atom. The van der Waals surface area contributed by atoms with Crippen molar-refractivity contribution in [3.05, 3.63) is 158 Å². The number of hydrogen-bond donors (Lipinski definition) is 0. The number of nitrogens with zero attached hydrogens (tertiary/aromatic N) is 4. The molecule has 0 atom stereocenters. The van der Waals surface area contributed by atoms with Crippen molar-refractivity contribution in [3.63, 3.8) is 0 Å². The Hall–Kier alpha value is -6.04.